The van der Waals surface area contributed by atoms with Crippen molar-refractivity contribution in [1.29, 1.82) is 5.26 Å². The predicted molar refractivity (Wildman–Crippen MR) is 126 cm³/mol. The first-order valence-electron chi connectivity index (χ1n) is 11.9. The highest BCUT2D eigenvalue weighted by Crippen LogP contribution is 2.31. The number of amides is 3. The lowest BCUT2D eigenvalue weighted by molar-refractivity contribution is -0.126. The molecule has 1 unspecified atom stereocenters. The number of fused-ring (bicyclic) bond motifs is 1. The first-order chi connectivity index (χ1) is 16.4. The van der Waals surface area contributed by atoms with Gasteiger partial charge in [-0.3, -0.25) is 14.4 Å². The smallest absolute Gasteiger partial charge is 0.270 e. The largest absolute Gasteiger partial charge is 0.496 e. The molecule has 0 radical (unpaired) electrons. The second kappa shape index (κ2) is 10.2. The third-order valence-electron chi connectivity index (χ3n) is 6.88. The van der Waals surface area contributed by atoms with E-state index >= 15 is 0 Å². The van der Waals surface area contributed by atoms with Gasteiger partial charge in [0.25, 0.3) is 5.91 Å². The first-order valence-corrected chi connectivity index (χ1v) is 11.9. The van der Waals surface area contributed by atoms with Crippen molar-refractivity contribution in [2.75, 3.05) is 20.2 Å². The lowest BCUT2D eigenvalue weighted by atomic mass is 9.98. The number of nitriles is 1. The van der Waals surface area contributed by atoms with E-state index in [1.54, 1.807) is 18.1 Å². The van der Waals surface area contributed by atoms with E-state index in [2.05, 4.69) is 28.6 Å². The molecule has 4 rings (SSSR count). The van der Waals surface area contributed by atoms with Crippen molar-refractivity contribution in [3.05, 3.63) is 30.0 Å². The number of rotatable bonds is 8. The number of ether oxygens (including phenoxy) is 1. The average molecular weight is 466 g/mol. The number of hydrogen-bond donors (Lipinski definition) is 3. The molecule has 2 aliphatic heterocycles. The van der Waals surface area contributed by atoms with Gasteiger partial charge >= 0.3 is 0 Å². The van der Waals surface area contributed by atoms with Crippen LogP contribution in [-0.4, -0.2) is 59.9 Å². The van der Waals surface area contributed by atoms with Crippen molar-refractivity contribution in [3.8, 4) is 11.8 Å². The third kappa shape index (κ3) is 4.72. The lowest BCUT2D eigenvalue weighted by Gasteiger charge is -2.25. The zero-order valence-electron chi connectivity index (χ0n) is 19.6. The molecule has 1 aromatic carbocycles. The summed E-state index contributed by atoms with van der Waals surface area (Å²) >= 11 is 0. The number of H-pyrrole nitrogens is 1. The molecule has 9 heteroatoms. The maximum absolute atomic E-state index is 13.5. The van der Waals surface area contributed by atoms with Gasteiger partial charge < -0.3 is 25.3 Å². The summed E-state index contributed by atoms with van der Waals surface area (Å²) in [5.74, 6) is -0.0684. The highest BCUT2D eigenvalue weighted by atomic mass is 16.5. The number of carbonyl (C=O) groups is 3. The maximum Gasteiger partial charge on any atom is 0.270 e. The molecule has 9 nitrogen and oxygen atoms in total. The SMILES string of the molecule is CCCC1C[C@@H](C(=O)N[C@H](C#N)C[C@@H]2CCNC2=O)N(C(=O)c2cc3c(OC)cccc3[nH]2)C1. The van der Waals surface area contributed by atoms with Gasteiger partial charge in [0.05, 0.1) is 13.2 Å². The molecular formula is C25H31N5O4. The molecule has 0 aliphatic carbocycles. The van der Waals surface area contributed by atoms with E-state index in [-0.39, 0.29) is 36.0 Å². The lowest BCUT2D eigenvalue weighted by Crippen LogP contribution is -2.49. The van der Waals surface area contributed by atoms with Gasteiger partial charge in [-0.2, -0.15) is 5.26 Å². The molecule has 1 aromatic heterocycles. The van der Waals surface area contributed by atoms with Gasteiger partial charge in [0, 0.05) is 29.9 Å². The van der Waals surface area contributed by atoms with Crippen molar-refractivity contribution >= 4 is 28.6 Å². The number of nitrogens with zero attached hydrogens (tertiary/aromatic N) is 2. The zero-order valence-corrected chi connectivity index (χ0v) is 19.6. The molecule has 3 amide bonds. The van der Waals surface area contributed by atoms with Crippen LogP contribution in [0.3, 0.4) is 0 Å². The highest BCUT2D eigenvalue weighted by molar-refractivity contribution is 6.01. The van der Waals surface area contributed by atoms with Crippen LogP contribution in [0.25, 0.3) is 10.9 Å². The van der Waals surface area contributed by atoms with Gasteiger partial charge in [-0.05, 0) is 49.8 Å². The summed E-state index contributed by atoms with van der Waals surface area (Å²) in [5.41, 5.74) is 1.18. The molecule has 0 bridgehead atoms. The summed E-state index contributed by atoms with van der Waals surface area (Å²) in [7, 11) is 1.58. The van der Waals surface area contributed by atoms with Crippen LogP contribution < -0.4 is 15.4 Å². The Morgan fingerprint density at radius 2 is 2.21 bits per heavy atom. The van der Waals surface area contributed by atoms with E-state index in [1.807, 2.05) is 18.2 Å². The van der Waals surface area contributed by atoms with E-state index in [0.717, 1.165) is 23.7 Å². The van der Waals surface area contributed by atoms with Crippen LogP contribution in [0.1, 0.15) is 49.5 Å². The van der Waals surface area contributed by atoms with Gasteiger partial charge in [0.1, 0.15) is 23.5 Å². The summed E-state index contributed by atoms with van der Waals surface area (Å²) in [4.78, 5) is 43.4. The molecule has 34 heavy (non-hydrogen) atoms. The van der Waals surface area contributed by atoms with Gasteiger partial charge in [-0.25, -0.2) is 0 Å². The van der Waals surface area contributed by atoms with E-state index < -0.39 is 12.1 Å². The second-order valence-corrected chi connectivity index (χ2v) is 9.17. The zero-order chi connectivity index (χ0) is 24.2. The first kappa shape index (κ1) is 23.6. The van der Waals surface area contributed by atoms with Gasteiger partial charge in [0.15, 0.2) is 0 Å². The number of likely N-dealkylation sites (tertiary alicyclic amines) is 1. The van der Waals surface area contributed by atoms with Crippen molar-refractivity contribution in [3.63, 3.8) is 0 Å². The van der Waals surface area contributed by atoms with Crippen molar-refractivity contribution in [2.45, 2.75) is 51.1 Å². The minimum atomic E-state index is -0.777. The maximum atomic E-state index is 13.5. The molecule has 0 spiro atoms. The summed E-state index contributed by atoms with van der Waals surface area (Å²) in [6.07, 6.45) is 3.36. The Morgan fingerprint density at radius 1 is 1.38 bits per heavy atom. The standard InChI is InChI=1S/C25H31N5O4/c1-3-5-15-10-21(24(32)28-17(13-26)11-16-8-9-27-23(16)31)30(14-15)25(33)20-12-18-19(29-20)6-4-7-22(18)34-2/h4,6-7,12,15-17,21,29H,3,5,8-11,14H2,1-2H3,(H,27,31)(H,28,32)/t15?,16-,17-,21-/m0/s1. The highest BCUT2D eigenvalue weighted by Gasteiger charge is 2.41. The molecule has 4 atom stereocenters. The number of methoxy groups -OCH3 is 1. The molecule has 180 valence electrons. The topological polar surface area (TPSA) is 127 Å². The number of aromatic nitrogens is 1. The third-order valence-corrected chi connectivity index (χ3v) is 6.88. The van der Waals surface area contributed by atoms with Crippen LogP contribution in [0.4, 0.5) is 0 Å². The number of nitrogens with one attached hydrogen (secondary N) is 3. The summed E-state index contributed by atoms with van der Waals surface area (Å²) in [5, 5.41) is 15.9. The van der Waals surface area contributed by atoms with E-state index in [9.17, 15) is 19.6 Å². The molecule has 0 saturated carbocycles. The summed E-state index contributed by atoms with van der Waals surface area (Å²) in [6.45, 7) is 3.16. The Morgan fingerprint density at radius 3 is 2.88 bits per heavy atom. The molecule has 2 fully saturated rings. The van der Waals surface area contributed by atoms with Crippen LogP contribution in [0.2, 0.25) is 0 Å². The molecule has 2 aromatic rings. The van der Waals surface area contributed by atoms with Crippen LogP contribution >= 0.6 is 0 Å². The fraction of sp³-hybridized carbons (Fsp3) is 0.520. The Balaban J connectivity index is 1.53. The molecule has 3 N–H and O–H groups in total. The van der Waals surface area contributed by atoms with Gasteiger partial charge in [-0.15, -0.1) is 0 Å². The van der Waals surface area contributed by atoms with Crippen molar-refractivity contribution in [1.82, 2.24) is 20.5 Å². The Hall–Kier alpha value is -3.54. The van der Waals surface area contributed by atoms with E-state index in [1.165, 1.54) is 0 Å². The minimum Gasteiger partial charge on any atom is -0.496 e. The van der Waals surface area contributed by atoms with E-state index in [0.29, 0.717) is 37.4 Å². The molecule has 2 saturated heterocycles. The number of benzene rings is 1. The number of hydrogen-bond acceptors (Lipinski definition) is 5. The normalized spacial score (nSPS) is 22.9. The Labute approximate surface area is 198 Å². The minimum absolute atomic E-state index is 0.0792. The second-order valence-electron chi connectivity index (χ2n) is 9.17. The molecular weight excluding hydrogens is 434 g/mol. The van der Waals surface area contributed by atoms with Crippen LogP contribution in [0.5, 0.6) is 5.75 Å². The monoisotopic (exact) mass is 465 g/mol. The van der Waals surface area contributed by atoms with Gasteiger partial charge in [-0.1, -0.05) is 19.4 Å². The quantitative estimate of drug-likeness (QED) is 0.551. The van der Waals surface area contributed by atoms with Crippen molar-refractivity contribution < 1.29 is 19.1 Å². The molecule has 2 aliphatic rings. The van der Waals surface area contributed by atoms with E-state index in [4.69, 9.17) is 4.74 Å². The predicted octanol–water partition coefficient (Wildman–Crippen LogP) is 2.34. The fourth-order valence-corrected chi connectivity index (χ4v) is 5.15. The summed E-state index contributed by atoms with van der Waals surface area (Å²) < 4.78 is 5.40. The Bertz CT molecular complexity index is 1120. The van der Waals surface area contributed by atoms with Crippen LogP contribution in [-0.2, 0) is 9.59 Å². The fourth-order valence-electron chi connectivity index (χ4n) is 5.15. The van der Waals surface area contributed by atoms with Gasteiger partial charge in [0.2, 0.25) is 11.8 Å². The number of aromatic amines is 1. The average Bonchev–Trinajstić information content (AvgIpc) is 3.56. The Kier molecular flexibility index (Phi) is 7.06. The van der Waals surface area contributed by atoms with Crippen LogP contribution in [0, 0.1) is 23.2 Å². The van der Waals surface area contributed by atoms with Crippen molar-refractivity contribution in [2.24, 2.45) is 11.8 Å². The molecule has 3 heterocycles. The van der Waals surface area contributed by atoms with Crippen LogP contribution in [0.15, 0.2) is 24.3 Å². The number of carbonyl (C=O) groups excluding carboxylic acids is 3. The summed E-state index contributed by atoms with van der Waals surface area (Å²) in [6, 6.07) is 7.99.